The number of carbonyl (C=O) groups is 1. The van der Waals surface area contributed by atoms with Gasteiger partial charge in [-0.25, -0.2) is 4.79 Å². The Bertz CT molecular complexity index is 600. The summed E-state index contributed by atoms with van der Waals surface area (Å²) in [4.78, 5) is 11.1. The predicted molar refractivity (Wildman–Crippen MR) is 75.8 cm³/mol. The van der Waals surface area contributed by atoms with Gasteiger partial charge in [0.05, 0.1) is 18.8 Å². The molecular formula is C15H18N2O3. The molecule has 0 aliphatic carbocycles. The van der Waals surface area contributed by atoms with E-state index >= 15 is 0 Å². The standard InChI is InChI=1S/C15H18N2O3/c1-10(2)11-3-5-12(6-4-11)13-9-14(15(19)20)17(16-13)7-8-18/h3-6,9-10,18H,7-8H2,1-2H3,(H,19,20). The molecule has 0 radical (unpaired) electrons. The molecule has 1 aromatic heterocycles. The molecule has 0 aliphatic heterocycles. The van der Waals surface area contributed by atoms with Crippen LogP contribution in [0.2, 0.25) is 0 Å². The van der Waals surface area contributed by atoms with Gasteiger partial charge >= 0.3 is 5.97 Å². The number of rotatable bonds is 5. The van der Waals surface area contributed by atoms with E-state index < -0.39 is 5.97 Å². The minimum absolute atomic E-state index is 0.0852. The van der Waals surface area contributed by atoms with E-state index in [1.54, 1.807) is 0 Å². The number of aliphatic hydroxyl groups excluding tert-OH is 1. The molecule has 0 saturated carbocycles. The summed E-state index contributed by atoms with van der Waals surface area (Å²) in [7, 11) is 0. The molecule has 1 heterocycles. The van der Waals surface area contributed by atoms with Crippen molar-refractivity contribution in [1.82, 2.24) is 9.78 Å². The van der Waals surface area contributed by atoms with Crippen LogP contribution in [0.15, 0.2) is 30.3 Å². The number of aliphatic hydroxyl groups is 1. The molecule has 0 saturated heterocycles. The summed E-state index contributed by atoms with van der Waals surface area (Å²) in [5.41, 5.74) is 2.78. The summed E-state index contributed by atoms with van der Waals surface area (Å²) >= 11 is 0. The number of hydrogen-bond donors (Lipinski definition) is 2. The SMILES string of the molecule is CC(C)c1ccc(-c2cc(C(=O)O)n(CCO)n2)cc1. The lowest BCUT2D eigenvalue weighted by Crippen LogP contribution is -2.12. The second kappa shape index (κ2) is 5.88. The summed E-state index contributed by atoms with van der Waals surface area (Å²) in [6.07, 6.45) is 0. The molecule has 2 N–H and O–H groups in total. The molecule has 0 unspecified atom stereocenters. The van der Waals surface area contributed by atoms with E-state index in [-0.39, 0.29) is 18.8 Å². The fourth-order valence-corrected chi connectivity index (χ4v) is 2.03. The molecule has 0 fully saturated rings. The number of carboxylic acids is 1. The second-order valence-corrected chi connectivity index (χ2v) is 4.94. The normalized spacial score (nSPS) is 11.0. The average molecular weight is 274 g/mol. The summed E-state index contributed by atoms with van der Waals surface area (Å²) in [6.45, 7) is 4.26. The zero-order valence-corrected chi connectivity index (χ0v) is 11.6. The van der Waals surface area contributed by atoms with Crippen LogP contribution < -0.4 is 0 Å². The van der Waals surface area contributed by atoms with E-state index in [0.717, 1.165) is 5.56 Å². The maximum absolute atomic E-state index is 11.1. The molecular weight excluding hydrogens is 256 g/mol. The third kappa shape index (κ3) is 2.88. The maximum atomic E-state index is 11.1. The summed E-state index contributed by atoms with van der Waals surface area (Å²) < 4.78 is 1.31. The zero-order chi connectivity index (χ0) is 14.7. The molecule has 2 rings (SSSR count). The van der Waals surface area contributed by atoms with E-state index in [1.807, 2.05) is 24.3 Å². The van der Waals surface area contributed by atoms with Gasteiger partial charge in [0, 0.05) is 5.56 Å². The van der Waals surface area contributed by atoms with Gasteiger partial charge in [-0.2, -0.15) is 5.10 Å². The summed E-state index contributed by atoms with van der Waals surface area (Å²) in [6, 6.07) is 9.44. The maximum Gasteiger partial charge on any atom is 0.354 e. The van der Waals surface area contributed by atoms with Gasteiger partial charge in [-0.3, -0.25) is 4.68 Å². The van der Waals surface area contributed by atoms with Crippen molar-refractivity contribution in [3.63, 3.8) is 0 Å². The van der Waals surface area contributed by atoms with Gasteiger partial charge in [0.1, 0.15) is 5.69 Å². The van der Waals surface area contributed by atoms with Crippen LogP contribution in [-0.2, 0) is 6.54 Å². The van der Waals surface area contributed by atoms with Crippen molar-refractivity contribution in [2.75, 3.05) is 6.61 Å². The van der Waals surface area contributed by atoms with Crippen LogP contribution in [0.3, 0.4) is 0 Å². The molecule has 106 valence electrons. The van der Waals surface area contributed by atoms with Crippen molar-refractivity contribution in [3.8, 4) is 11.3 Å². The number of hydrogen-bond acceptors (Lipinski definition) is 3. The molecule has 5 heteroatoms. The lowest BCUT2D eigenvalue weighted by Gasteiger charge is -2.05. The highest BCUT2D eigenvalue weighted by Gasteiger charge is 2.15. The third-order valence-corrected chi connectivity index (χ3v) is 3.18. The van der Waals surface area contributed by atoms with Gasteiger partial charge in [0.2, 0.25) is 0 Å². The van der Waals surface area contributed by atoms with E-state index in [9.17, 15) is 4.79 Å². The topological polar surface area (TPSA) is 75.3 Å². The molecule has 0 spiro atoms. The number of aromatic carboxylic acids is 1. The van der Waals surface area contributed by atoms with Crippen molar-refractivity contribution < 1.29 is 15.0 Å². The van der Waals surface area contributed by atoms with Gasteiger partial charge in [0.15, 0.2) is 0 Å². The molecule has 0 atom stereocenters. The van der Waals surface area contributed by atoms with Gasteiger partial charge in [0.25, 0.3) is 0 Å². The molecule has 0 bridgehead atoms. The third-order valence-electron chi connectivity index (χ3n) is 3.18. The monoisotopic (exact) mass is 274 g/mol. The molecule has 0 aliphatic rings. The average Bonchev–Trinajstić information content (AvgIpc) is 2.83. The molecule has 1 aromatic carbocycles. The number of carboxylic acid groups (broad SMARTS) is 1. The van der Waals surface area contributed by atoms with Crippen LogP contribution in [0.4, 0.5) is 0 Å². The molecule has 2 aromatic rings. The Balaban J connectivity index is 2.37. The molecule has 20 heavy (non-hydrogen) atoms. The van der Waals surface area contributed by atoms with Gasteiger partial charge in [-0.15, -0.1) is 0 Å². The zero-order valence-electron chi connectivity index (χ0n) is 11.6. The van der Waals surface area contributed by atoms with Gasteiger partial charge in [-0.05, 0) is 17.5 Å². The van der Waals surface area contributed by atoms with Crippen LogP contribution in [-0.4, -0.2) is 32.6 Å². The van der Waals surface area contributed by atoms with Crippen molar-refractivity contribution in [3.05, 3.63) is 41.6 Å². The smallest absolute Gasteiger partial charge is 0.354 e. The fourth-order valence-electron chi connectivity index (χ4n) is 2.03. The van der Waals surface area contributed by atoms with Crippen molar-refractivity contribution in [2.24, 2.45) is 0 Å². The van der Waals surface area contributed by atoms with E-state index in [2.05, 4.69) is 18.9 Å². The van der Waals surface area contributed by atoms with Crippen LogP contribution in [0.1, 0.15) is 35.8 Å². The van der Waals surface area contributed by atoms with Crippen LogP contribution in [0, 0.1) is 0 Å². The quantitative estimate of drug-likeness (QED) is 0.877. The summed E-state index contributed by atoms with van der Waals surface area (Å²) in [5.74, 6) is -0.596. The largest absolute Gasteiger partial charge is 0.477 e. The number of benzene rings is 1. The lowest BCUT2D eigenvalue weighted by molar-refractivity contribution is 0.0681. The van der Waals surface area contributed by atoms with Gasteiger partial charge in [-0.1, -0.05) is 38.1 Å². The fraction of sp³-hybridized carbons (Fsp3) is 0.333. The Morgan fingerprint density at radius 2 is 1.95 bits per heavy atom. The Hall–Kier alpha value is -2.14. The lowest BCUT2D eigenvalue weighted by atomic mass is 10.0. The Morgan fingerprint density at radius 3 is 2.45 bits per heavy atom. The Labute approximate surface area is 117 Å². The Morgan fingerprint density at radius 1 is 1.30 bits per heavy atom. The van der Waals surface area contributed by atoms with Crippen molar-refractivity contribution in [2.45, 2.75) is 26.3 Å². The molecule has 0 amide bonds. The highest BCUT2D eigenvalue weighted by molar-refractivity contribution is 5.87. The highest BCUT2D eigenvalue weighted by atomic mass is 16.4. The van der Waals surface area contributed by atoms with Crippen molar-refractivity contribution in [1.29, 1.82) is 0 Å². The van der Waals surface area contributed by atoms with E-state index in [0.29, 0.717) is 11.6 Å². The van der Waals surface area contributed by atoms with Gasteiger partial charge < -0.3 is 10.2 Å². The second-order valence-electron chi connectivity index (χ2n) is 4.94. The first-order valence-corrected chi connectivity index (χ1v) is 6.55. The minimum Gasteiger partial charge on any atom is -0.477 e. The predicted octanol–water partition coefficient (Wildman–Crippen LogP) is 2.36. The van der Waals surface area contributed by atoms with Crippen LogP contribution in [0.25, 0.3) is 11.3 Å². The van der Waals surface area contributed by atoms with E-state index in [1.165, 1.54) is 16.3 Å². The van der Waals surface area contributed by atoms with Crippen LogP contribution in [0.5, 0.6) is 0 Å². The highest BCUT2D eigenvalue weighted by Crippen LogP contribution is 2.22. The van der Waals surface area contributed by atoms with E-state index in [4.69, 9.17) is 10.2 Å². The first kappa shape index (κ1) is 14.3. The number of aromatic nitrogens is 2. The van der Waals surface area contributed by atoms with Crippen molar-refractivity contribution >= 4 is 5.97 Å². The number of nitrogens with zero attached hydrogens (tertiary/aromatic N) is 2. The van der Waals surface area contributed by atoms with Crippen LogP contribution >= 0.6 is 0 Å². The summed E-state index contributed by atoms with van der Waals surface area (Å²) in [5, 5.41) is 22.3. The molecule has 5 nitrogen and oxygen atoms in total. The Kier molecular flexibility index (Phi) is 4.20. The first-order valence-electron chi connectivity index (χ1n) is 6.55. The minimum atomic E-state index is -1.05. The first-order chi connectivity index (χ1) is 9.52.